The van der Waals surface area contributed by atoms with E-state index in [2.05, 4.69) is 72.5 Å². The molecule has 0 radical (unpaired) electrons. The predicted octanol–water partition coefficient (Wildman–Crippen LogP) is 7.00. The molecule has 2 heteroatoms. The molecule has 25 heavy (non-hydrogen) atoms. The molecular weight excluding hydrogens is 322 g/mol. The molecule has 0 aliphatic heterocycles. The van der Waals surface area contributed by atoms with Gasteiger partial charge in [-0.05, 0) is 25.1 Å². The Morgan fingerprint density at radius 2 is 1.68 bits per heavy atom. The second-order valence-corrected chi connectivity index (χ2v) is 7.73. The smallest absolute Gasteiger partial charge is 0.0631 e. The molecular formula is C23H15NS. The number of para-hydroxylation sites is 1. The maximum Gasteiger partial charge on any atom is 0.0631 e. The van der Waals surface area contributed by atoms with E-state index < -0.39 is 0 Å². The Hall–Kier alpha value is -2.84. The zero-order chi connectivity index (χ0) is 16.7. The first-order valence-electron chi connectivity index (χ1n) is 8.51. The third kappa shape index (κ3) is 1.45. The normalized spacial score (nSPS) is 12.4. The summed E-state index contributed by atoms with van der Waals surface area (Å²) in [5, 5.41) is 6.75. The number of aryl methyl sites for hydroxylation is 1. The Morgan fingerprint density at radius 3 is 2.52 bits per heavy atom. The lowest BCUT2D eigenvalue weighted by molar-refractivity contribution is 1.18. The molecule has 3 aromatic heterocycles. The van der Waals surface area contributed by atoms with Crippen molar-refractivity contribution in [2.75, 3.05) is 0 Å². The van der Waals surface area contributed by atoms with Gasteiger partial charge in [0, 0.05) is 47.6 Å². The van der Waals surface area contributed by atoms with Crippen LogP contribution in [0.2, 0.25) is 0 Å². The molecule has 118 valence electrons. The summed E-state index contributed by atoms with van der Waals surface area (Å²) in [5.41, 5.74) is 5.17. The highest BCUT2D eigenvalue weighted by Gasteiger charge is 2.22. The van der Waals surface area contributed by atoms with E-state index in [4.69, 9.17) is 0 Å². The fourth-order valence-corrected chi connectivity index (χ4v) is 5.70. The molecule has 0 saturated heterocycles. The van der Waals surface area contributed by atoms with E-state index in [1.54, 1.807) is 0 Å². The minimum atomic E-state index is 1.27. The number of hydrogen-bond donors (Lipinski definition) is 0. The van der Waals surface area contributed by atoms with Crippen LogP contribution in [0.5, 0.6) is 0 Å². The molecule has 0 unspecified atom stereocenters. The number of thiophene rings is 1. The summed E-state index contributed by atoms with van der Waals surface area (Å²) in [6, 6.07) is 19.8. The highest BCUT2D eigenvalue weighted by molar-refractivity contribution is 7.26. The second kappa shape index (κ2) is 4.41. The first-order valence-corrected chi connectivity index (χ1v) is 9.32. The van der Waals surface area contributed by atoms with Gasteiger partial charge in [0.05, 0.1) is 11.0 Å². The van der Waals surface area contributed by atoms with Crippen LogP contribution in [0.4, 0.5) is 0 Å². The largest absolute Gasteiger partial charge is 0.312 e. The van der Waals surface area contributed by atoms with Crippen LogP contribution in [-0.4, -0.2) is 4.40 Å². The van der Waals surface area contributed by atoms with Crippen LogP contribution in [0.25, 0.3) is 53.4 Å². The van der Waals surface area contributed by atoms with Crippen molar-refractivity contribution < 1.29 is 0 Å². The maximum atomic E-state index is 4.12. The van der Waals surface area contributed by atoms with Gasteiger partial charge in [-0.3, -0.25) is 0 Å². The monoisotopic (exact) mass is 337 g/mol. The summed E-state index contributed by atoms with van der Waals surface area (Å²) >= 11 is 1.90. The first kappa shape index (κ1) is 13.5. The molecule has 6 aromatic rings. The average molecular weight is 337 g/mol. The second-order valence-electron chi connectivity index (χ2n) is 6.68. The molecule has 3 heterocycles. The lowest BCUT2D eigenvalue weighted by Gasteiger charge is -2.00. The van der Waals surface area contributed by atoms with Gasteiger partial charge in [0.25, 0.3) is 0 Å². The minimum absolute atomic E-state index is 1.27. The predicted molar refractivity (Wildman–Crippen MR) is 111 cm³/mol. The van der Waals surface area contributed by atoms with Crippen LogP contribution in [-0.2, 0) is 0 Å². The Balaban J connectivity index is 2.07. The van der Waals surface area contributed by atoms with Gasteiger partial charge >= 0.3 is 0 Å². The van der Waals surface area contributed by atoms with Gasteiger partial charge in [0.2, 0.25) is 0 Å². The van der Waals surface area contributed by atoms with Crippen molar-refractivity contribution >= 4 is 64.8 Å². The van der Waals surface area contributed by atoms with Crippen LogP contribution >= 0.6 is 11.3 Å². The molecule has 1 nitrogen and oxygen atoms in total. The number of benzene rings is 3. The number of nitrogens with zero attached hydrogens (tertiary/aromatic N) is 1. The maximum absolute atomic E-state index is 4.12. The molecule has 0 saturated carbocycles. The molecule has 0 atom stereocenters. The highest BCUT2D eigenvalue weighted by atomic mass is 32.1. The standard InChI is InChI=1S/C23H15NS/c1-3-14-13(2)24-19-10-6-4-8-15(19)17-12-18-16-9-5-7-11-20(16)25-23(18)21(14)22(17)24/h3-12H,1H2,2H3. The molecule has 0 aliphatic carbocycles. The van der Waals surface area contributed by atoms with E-state index in [-0.39, 0.29) is 0 Å². The lowest BCUT2D eigenvalue weighted by Crippen LogP contribution is -1.84. The van der Waals surface area contributed by atoms with Crippen molar-refractivity contribution in [3.63, 3.8) is 0 Å². The molecule has 6 rings (SSSR count). The fraction of sp³-hybridized carbons (Fsp3) is 0.0435. The SMILES string of the molecule is C=Cc1c(C)n2c3ccccc3c3cc4c5ccccc5sc4c1c32. The van der Waals surface area contributed by atoms with E-state index in [9.17, 15) is 0 Å². The summed E-state index contributed by atoms with van der Waals surface area (Å²) in [6.07, 6.45) is 2.02. The summed E-state index contributed by atoms with van der Waals surface area (Å²) in [5.74, 6) is 0. The lowest BCUT2D eigenvalue weighted by atomic mass is 10.0. The Labute approximate surface area is 148 Å². The van der Waals surface area contributed by atoms with Crippen molar-refractivity contribution in [3.05, 3.63) is 72.4 Å². The van der Waals surface area contributed by atoms with E-state index in [1.807, 2.05) is 17.4 Å². The van der Waals surface area contributed by atoms with Crippen molar-refractivity contribution in [2.24, 2.45) is 0 Å². The summed E-state index contributed by atoms with van der Waals surface area (Å²) in [4.78, 5) is 0. The van der Waals surface area contributed by atoms with Gasteiger partial charge < -0.3 is 4.40 Å². The summed E-state index contributed by atoms with van der Waals surface area (Å²) < 4.78 is 5.15. The Kier molecular flexibility index (Phi) is 2.37. The van der Waals surface area contributed by atoms with Crippen LogP contribution < -0.4 is 0 Å². The van der Waals surface area contributed by atoms with Crippen molar-refractivity contribution in [1.29, 1.82) is 0 Å². The Morgan fingerprint density at radius 1 is 0.920 bits per heavy atom. The molecule has 0 spiro atoms. The van der Waals surface area contributed by atoms with Gasteiger partial charge in [-0.2, -0.15) is 0 Å². The molecule has 0 fully saturated rings. The van der Waals surface area contributed by atoms with E-state index in [0.717, 1.165) is 0 Å². The van der Waals surface area contributed by atoms with Crippen molar-refractivity contribution in [3.8, 4) is 0 Å². The van der Waals surface area contributed by atoms with Gasteiger partial charge in [-0.25, -0.2) is 0 Å². The van der Waals surface area contributed by atoms with Gasteiger partial charge in [0.1, 0.15) is 0 Å². The minimum Gasteiger partial charge on any atom is -0.312 e. The van der Waals surface area contributed by atoms with Crippen LogP contribution in [0.15, 0.2) is 61.2 Å². The average Bonchev–Trinajstić information content (AvgIpc) is 3.26. The van der Waals surface area contributed by atoms with E-state index in [0.29, 0.717) is 0 Å². The van der Waals surface area contributed by atoms with Crippen molar-refractivity contribution in [1.82, 2.24) is 4.40 Å². The van der Waals surface area contributed by atoms with Crippen LogP contribution in [0.3, 0.4) is 0 Å². The first-order chi connectivity index (χ1) is 12.3. The van der Waals surface area contributed by atoms with Gasteiger partial charge in [-0.1, -0.05) is 49.1 Å². The number of hydrogen-bond acceptors (Lipinski definition) is 1. The topological polar surface area (TPSA) is 4.41 Å². The van der Waals surface area contributed by atoms with E-state index in [1.165, 1.54) is 58.6 Å². The third-order valence-electron chi connectivity index (χ3n) is 5.50. The molecule has 0 bridgehead atoms. The molecule has 0 N–H and O–H groups in total. The van der Waals surface area contributed by atoms with Crippen LogP contribution in [0, 0.1) is 6.92 Å². The number of rotatable bonds is 1. The molecule has 0 amide bonds. The van der Waals surface area contributed by atoms with E-state index >= 15 is 0 Å². The van der Waals surface area contributed by atoms with Crippen molar-refractivity contribution in [2.45, 2.75) is 6.92 Å². The number of fused-ring (bicyclic) bond motifs is 7. The van der Waals surface area contributed by atoms with Gasteiger partial charge in [-0.15, -0.1) is 11.3 Å². The molecule has 0 aliphatic rings. The summed E-state index contributed by atoms with van der Waals surface area (Å²) in [7, 11) is 0. The third-order valence-corrected chi connectivity index (χ3v) is 6.70. The fourth-order valence-electron chi connectivity index (χ4n) is 4.45. The zero-order valence-corrected chi connectivity index (χ0v) is 14.7. The van der Waals surface area contributed by atoms with Crippen LogP contribution in [0.1, 0.15) is 11.3 Å². The quantitative estimate of drug-likeness (QED) is 0.304. The zero-order valence-electron chi connectivity index (χ0n) is 13.8. The highest BCUT2D eigenvalue weighted by Crippen LogP contribution is 2.46. The van der Waals surface area contributed by atoms with Gasteiger partial charge in [0.15, 0.2) is 0 Å². The number of aromatic nitrogens is 1. The summed E-state index contributed by atoms with van der Waals surface area (Å²) in [6.45, 7) is 6.33. The Bertz CT molecular complexity index is 1460. The molecule has 3 aromatic carbocycles.